The van der Waals surface area contributed by atoms with E-state index >= 15 is 0 Å². The van der Waals surface area contributed by atoms with E-state index in [0.717, 1.165) is 6.42 Å². The fourth-order valence-corrected chi connectivity index (χ4v) is 4.03. The minimum absolute atomic E-state index is 0.316. The van der Waals surface area contributed by atoms with Crippen LogP contribution in [0.3, 0.4) is 0 Å². The molecule has 3 aromatic heterocycles. The van der Waals surface area contributed by atoms with Gasteiger partial charge in [-0.2, -0.15) is 5.10 Å². The highest BCUT2D eigenvalue weighted by atomic mass is 19.1. The molecule has 1 fully saturated rings. The fraction of sp³-hybridized carbons (Fsp3) is 0.227. The van der Waals surface area contributed by atoms with Gasteiger partial charge in [0.15, 0.2) is 11.6 Å². The number of imidazole rings is 1. The van der Waals surface area contributed by atoms with Crippen LogP contribution in [0.2, 0.25) is 0 Å². The minimum Gasteiger partial charge on any atom is -0.480 e. The number of aliphatic carboxylic acids is 1. The average Bonchev–Trinajstić information content (AvgIpc) is 3.51. The molecule has 11 heteroatoms. The van der Waals surface area contributed by atoms with Crippen LogP contribution >= 0.6 is 0 Å². The first-order chi connectivity index (χ1) is 15.9. The Morgan fingerprint density at radius 2 is 2.09 bits per heavy atom. The number of H-pyrrole nitrogens is 1. The van der Waals surface area contributed by atoms with E-state index < -0.39 is 17.9 Å². The van der Waals surface area contributed by atoms with Crippen LogP contribution in [0.25, 0.3) is 22.6 Å². The van der Waals surface area contributed by atoms with E-state index in [2.05, 4.69) is 25.4 Å². The number of nitrogens with zero attached hydrogens (tertiary/aromatic N) is 5. The smallest absolute Gasteiger partial charge is 0.326 e. The van der Waals surface area contributed by atoms with Crippen LogP contribution in [0.15, 0.2) is 42.6 Å². The average molecular weight is 449 g/mol. The molecule has 0 spiro atoms. The molecule has 0 bridgehead atoms. The van der Waals surface area contributed by atoms with Crippen molar-refractivity contribution in [3.8, 4) is 11.5 Å². The maximum Gasteiger partial charge on any atom is 0.326 e. The summed E-state index contributed by atoms with van der Waals surface area (Å²) in [6.45, 7) is 0.612. The summed E-state index contributed by atoms with van der Waals surface area (Å²) in [4.78, 5) is 37.6. The van der Waals surface area contributed by atoms with Crippen molar-refractivity contribution >= 4 is 34.5 Å². The number of hydrogen-bond donors (Lipinski definition) is 3. The van der Waals surface area contributed by atoms with Crippen LogP contribution in [0.4, 0.5) is 16.0 Å². The second-order valence-electron chi connectivity index (χ2n) is 7.83. The Labute approximate surface area is 187 Å². The van der Waals surface area contributed by atoms with Crippen molar-refractivity contribution in [1.29, 1.82) is 0 Å². The summed E-state index contributed by atoms with van der Waals surface area (Å²) < 4.78 is 15.0. The van der Waals surface area contributed by atoms with Gasteiger partial charge in [0.25, 0.3) is 5.91 Å². The first-order valence-corrected chi connectivity index (χ1v) is 10.4. The molecule has 0 unspecified atom stereocenters. The van der Waals surface area contributed by atoms with Crippen LogP contribution in [0.5, 0.6) is 0 Å². The lowest BCUT2D eigenvalue weighted by Crippen LogP contribution is -2.36. The highest BCUT2D eigenvalue weighted by Crippen LogP contribution is 2.25. The highest BCUT2D eigenvalue weighted by Gasteiger charge is 2.31. The van der Waals surface area contributed by atoms with E-state index in [9.17, 15) is 19.1 Å². The number of fused-ring (bicyclic) bond motifs is 1. The van der Waals surface area contributed by atoms with Crippen LogP contribution < -0.4 is 10.2 Å². The summed E-state index contributed by atoms with van der Waals surface area (Å²) in [6, 6.07) is 8.61. The quantitative estimate of drug-likeness (QED) is 0.427. The lowest BCUT2D eigenvalue weighted by atomic mass is 10.2. The Bertz CT molecular complexity index is 1360. The molecule has 10 nitrogen and oxygen atoms in total. The van der Waals surface area contributed by atoms with Crippen molar-refractivity contribution in [2.24, 2.45) is 7.05 Å². The van der Waals surface area contributed by atoms with E-state index in [1.807, 2.05) is 0 Å². The number of aromatic amines is 1. The Morgan fingerprint density at radius 3 is 2.85 bits per heavy atom. The van der Waals surface area contributed by atoms with E-state index in [1.54, 1.807) is 40.9 Å². The van der Waals surface area contributed by atoms with Gasteiger partial charge in [0, 0.05) is 31.9 Å². The van der Waals surface area contributed by atoms with Gasteiger partial charge in [-0.15, -0.1) is 0 Å². The predicted molar refractivity (Wildman–Crippen MR) is 118 cm³/mol. The third kappa shape index (κ3) is 3.88. The molecule has 4 aromatic rings. The van der Waals surface area contributed by atoms with Crippen molar-refractivity contribution in [2.75, 3.05) is 16.8 Å². The number of amides is 1. The molecule has 4 heterocycles. The van der Waals surface area contributed by atoms with Gasteiger partial charge in [0.1, 0.15) is 23.4 Å². The summed E-state index contributed by atoms with van der Waals surface area (Å²) in [6.07, 6.45) is 2.77. The molecule has 0 radical (unpaired) electrons. The first-order valence-electron chi connectivity index (χ1n) is 10.4. The molecule has 1 amide bonds. The largest absolute Gasteiger partial charge is 0.480 e. The zero-order chi connectivity index (χ0) is 23.1. The third-order valence-electron chi connectivity index (χ3n) is 5.65. The van der Waals surface area contributed by atoms with Gasteiger partial charge in [0.2, 0.25) is 0 Å². The standard InChI is InChI=1S/C22H20FN7O3/c1-29-17(20-25-14-6-5-13(23)9-15(14)26-20)10-18(28-29)27-21(31)12-4-7-19(24-11-12)30-8-2-3-16(30)22(32)33/h4-7,9-11,16H,2-3,8H2,1H3,(H,25,26)(H,32,33)(H,27,28,31)/t16-/m1/s1. The van der Waals surface area contributed by atoms with E-state index in [-0.39, 0.29) is 5.82 Å². The normalized spacial score (nSPS) is 15.8. The summed E-state index contributed by atoms with van der Waals surface area (Å²) in [5.74, 6) is -0.313. The second kappa shape index (κ2) is 8.01. The minimum atomic E-state index is -0.878. The number of anilines is 2. The molecule has 1 atom stereocenters. The molecule has 168 valence electrons. The highest BCUT2D eigenvalue weighted by molar-refractivity contribution is 6.03. The molecule has 1 aliphatic rings. The molecular formula is C22H20FN7O3. The lowest BCUT2D eigenvalue weighted by molar-refractivity contribution is -0.138. The zero-order valence-electron chi connectivity index (χ0n) is 17.6. The molecule has 1 aliphatic heterocycles. The van der Waals surface area contributed by atoms with E-state index in [1.165, 1.54) is 18.3 Å². The van der Waals surface area contributed by atoms with Gasteiger partial charge in [0.05, 0.1) is 16.6 Å². The van der Waals surface area contributed by atoms with Crippen LogP contribution in [-0.4, -0.2) is 54.3 Å². The summed E-state index contributed by atoms with van der Waals surface area (Å²) >= 11 is 0. The molecule has 3 N–H and O–H groups in total. The van der Waals surface area contributed by atoms with Crippen molar-refractivity contribution in [3.63, 3.8) is 0 Å². The van der Waals surface area contributed by atoms with Crippen molar-refractivity contribution in [2.45, 2.75) is 18.9 Å². The maximum absolute atomic E-state index is 13.5. The molecule has 0 saturated carbocycles. The Hall–Kier alpha value is -4.28. The number of carbonyl (C=O) groups is 2. The number of aromatic nitrogens is 5. The van der Waals surface area contributed by atoms with Gasteiger partial charge in [-0.25, -0.2) is 19.2 Å². The zero-order valence-corrected chi connectivity index (χ0v) is 17.6. The summed E-state index contributed by atoms with van der Waals surface area (Å²) in [7, 11) is 1.71. The number of nitrogens with one attached hydrogen (secondary N) is 2. The van der Waals surface area contributed by atoms with Crippen LogP contribution in [0, 0.1) is 5.82 Å². The third-order valence-corrected chi connectivity index (χ3v) is 5.65. The SMILES string of the molecule is Cn1nc(NC(=O)c2ccc(N3CCC[C@@H]3C(=O)O)nc2)cc1-c1nc2cc(F)ccc2[nH]1. The lowest BCUT2D eigenvalue weighted by Gasteiger charge is -2.22. The first kappa shape index (κ1) is 20.6. The number of carboxylic acids is 1. The van der Waals surface area contributed by atoms with Crippen molar-refractivity contribution in [3.05, 3.63) is 54.0 Å². The number of carbonyl (C=O) groups excluding carboxylic acids is 1. The number of rotatable bonds is 5. The number of carboxylic acid groups (broad SMARTS) is 1. The number of halogens is 1. The fourth-order valence-electron chi connectivity index (χ4n) is 4.03. The van der Waals surface area contributed by atoms with Gasteiger partial charge < -0.3 is 20.3 Å². The Morgan fingerprint density at radius 1 is 1.24 bits per heavy atom. The molecule has 1 aromatic carbocycles. The van der Waals surface area contributed by atoms with Gasteiger partial charge in [-0.3, -0.25) is 9.48 Å². The number of hydrogen-bond acceptors (Lipinski definition) is 6. The monoisotopic (exact) mass is 449 g/mol. The van der Waals surface area contributed by atoms with Crippen molar-refractivity contribution in [1.82, 2.24) is 24.7 Å². The summed E-state index contributed by atoms with van der Waals surface area (Å²) in [5, 5.41) is 16.4. The molecule has 33 heavy (non-hydrogen) atoms. The maximum atomic E-state index is 13.5. The van der Waals surface area contributed by atoms with Gasteiger partial charge in [-0.1, -0.05) is 0 Å². The van der Waals surface area contributed by atoms with Gasteiger partial charge >= 0.3 is 5.97 Å². The number of pyridine rings is 1. The van der Waals surface area contributed by atoms with E-state index in [4.69, 9.17) is 0 Å². The predicted octanol–water partition coefficient (Wildman–Crippen LogP) is 2.80. The molecule has 5 rings (SSSR count). The molecular weight excluding hydrogens is 429 g/mol. The topological polar surface area (TPSA) is 129 Å². The Balaban J connectivity index is 1.32. The second-order valence-corrected chi connectivity index (χ2v) is 7.83. The number of aryl methyl sites for hydroxylation is 1. The summed E-state index contributed by atoms with van der Waals surface area (Å²) in [5.41, 5.74) is 2.11. The van der Waals surface area contributed by atoms with Crippen molar-refractivity contribution < 1.29 is 19.1 Å². The Kier molecular flexibility index (Phi) is 5.00. The number of benzene rings is 1. The molecule has 0 aliphatic carbocycles. The van der Waals surface area contributed by atoms with Crippen LogP contribution in [0.1, 0.15) is 23.2 Å². The van der Waals surface area contributed by atoms with E-state index in [0.29, 0.717) is 52.7 Å². The van der Waals surface area contributed by atoms with Gasteiger partial charge in [-0.05, 0) is 37.1 Å². The van der Waals surface area contributed by atoms with Crippen LogP contribution in [-0.2, 0) is 11.8 Å². The molecule has 1 saturated heterocycles.